The van der Waals surface area contributed by atoms with Crippen LogP contribution in [0.15, 0.2) is 0 Å². The second-order valence-electron chi connectivity index (χ2n) is 3.57. The summed E-state index contributed by atoms with van der Waals surface area (Å²) in [7, 11) is 0. The van der Waals surface area contributed by atoms with Crippen LogP contribution in [0.1, 0.15) is 27.7 Å². The highest BCUT2D eigenvalue weighted by Gasteiger charge is 2.53. The molecular formula is C9H16N2O4. The van der Waals surface area contributed by atoms with E-state index in [1.165, 1.54) is 0 Å². The summed E-state index contributed by atoms with van der Waals surface area (Å²) in [6.07, 6.45) is 0. The van der Waals surface area contributed by atoms with E-state index in [9.17, 15) is 9.59 Å². The van der Waals surface area contributed by atoms with Gasteiger partial charge in [0.2, 0.25) is 0 Å². The van der Waals surface area contributed by atoms with E-state index in [0.29, 0.717) is 6.61 Å². The van der Waals surface area contributed by atoms with E-state index in [0.717, 1.165) is 10.1 Å². The molecule has 0 spiro atoms. The van der Waals surface area contributed by atoms with Gasteiger partial charge in [0.15, 0.2) is 0 Å². The summed E-state index contributed by atoms with van der Waals surface area (Å²) < 4.78 is 0. The molecular weight excluding hydrogens is 200 g/mol. The molecule has 0 radical (unpaired) electrons. The normalized spacial score (nSPS) is 20.3. The third kappa shape index (κ3) is 1.82. The van der Waals surface area contributed by atoms with Gasteiger partial charge in [-0.3, -0.25) is 14.5 Å². The Hall–Kier alpha value is -1.14. The molecule has 1 aliphatic heterocycles. The quantitative estimate of drug-likeness (QED) is 0.656. The van der Waals surface area contributed by atoms with Crippen molar-refractivity contribution in [3.05, 3.63) is 0 Å². The molecule has 0 bridgehead atoms. The topological polar surface area (TPSA) is 59.1 Å². The van der Waals surface area contributed by atoms with Crippen molar-refractivity contribution in [2.75, 3.05) is 13.2 Å². The van der Waals surface area contributed by atoms with Crippen LogP contribution in [0.3, 0.4) is 0 Å². The molecule has 1 aliphatic rings. The Balaban J connectivity index is 2.92. The molecule has 0 atom stereocenters. The molecule has 15 heavy (non-hydrogen) atoms. The zero-order chi connectivity index (χ0) is 11.6. The molecule has 6 nitrogen and oxygen atoms in total. The number of carbonyl (C=O) groups is 2. The average Bonchev–Trinajstić information content (AvgIpc) is 2.33. The van der Waals surface area contributed by atoms with Gasteiger partial charge in [0, 0.05) is 0 Å². The maximum atomic E-state index is 11.8. The summed E-state index contributed by atoms with van der Waals surface area (Å²) in [5.41, 5.74) is -1.01. The first-order valence-electron chi connectivity index (χ1n) is 4.91. The van der Waals surface area contributed by atoms with Crippen molar-refractivity contribution in [1.82, 2.24) is 10.1 Å². The minimum Gasteiger partial charge on any atom is -0.269 e. The number of amides is 3. The highest BCUT2D eigenvalue weighted by molar-refractivity contribution is 6.04. The number of hydrogen-bond donors (Lipinski definition) is 0. The first-order chi connectivity index (χ1) is 6.96. The van der Waals surface area contributed by atoms with Crippen LogP contribution in [0, 0.1) is 0 Å². The Morgan fingerprint density at radius 3 is 2.13 bits per heavy atom. The second-order valence-corrected chi connectivity index (χ2v) is 3.57. The van der Waals surface area contributed by atoms with E-state index in [4.69, 9.17) is 9.68 Å². The predicted molar refractivity (Wildman–Crippen MR) is 51.4 cm³/mol. The van der Waals surface area contributed by atoms with E-state index in [1.807, 2.05) is 0 Å². The maximum absolute atomic E-state index is 11.8. The smallest absolute Gasteiger partial charge is 0.269 e. The van der Waals surface area contributed by atoms with Crippen molar-refractivity contribution in [2.45, 2.75) is 33.2 Å². The average molecular weight is 216 g/mol. The summed E-state index contributed by atoms with van der Waals surface area (Å²) in [5.74, 6) is -0.414. The molecule has 0 unspecified atom stereocenters. The van der Waals surface area contributed by atoms with E-state index in [-0.39, 0.29) is 6.61 Å². The lowest BCUT2D eigenvalue weighted by atomic mass is 10.1. The molecule has 3 amide bonds. The Morgan fingerprint density at radius 1 is 1.13 bits per heavy atom. The van der Waals surface area contributed by atoms with Crippen molar-refractivity contribution in [3.8, 4) is 0 Å². The summed E-state index contributed by atoms with van der Waals surface area (Å²) in [6, 6.07) is -0.575. The first-order valence-corrected chi connectivity index (χ1v) is 4.91. The number of carbonyl (C=O) groups excluding carboxylic acids is 2. The lowest BCUT2D eigenvalue weighted by Crippen LogP contribution is -2.44. The molecule has 1 heterocycles. The summed E-state index contributed by atoms with van der Waals surface area (Å²) >= 11 is 0. The lowest BCUT2D eigenvalue weighted by Gasteiger charge is -2.25. The Morgan fingerprint density at radius 2 is 1.67 bits per heavy atom. The van der Waals surface area contributed by atoms with Gasteiger partial charge in [0.05, 0.1) is 13.2 Å². The Bertz CT molecular complexity index is 277. The molecule has 1 fully saturated rings. The van der Waals surface area contributed by atoms with Crippen LogP contribution in [0.2, 0.25) is 0 Å². The zero-order valence-corrected chi connectivity index (χ0v) is 9.44. The van der Waals surface area contributed by atoms with Gasteiger partial charge in [0.25, 0.3) is 5.91 Å². The van der Waals surface area contributed by atoms with Crippen LogP contribution in [0.5, 0.6) is 0 Å². The van der Waals surface area contributed by atoms with E-state index >= 15 is 0 Å². The number of urea groups is 1. The monoisotopic (exact) mass is 216 g/mol. The molecule has 0 aromatic carbocycles. The Labute approximate surface area is 88.6 Å². The van der Waals surface area contributed by atoms with Crippen LogP contribution in [-0.4, -0.2) is 40.8 Å². The number of hydrogen-bond acceptors (Lipinski definition) is 4. The second kappa shape index (κ2) is 4.16. The fourth-order valence-electron chi connectivity index (χ4n) is 1.33. The van der Waals surface area contributed by atoms with Crippen molar-refractivity contribution in [3.63, 3.8) is 0 Å². The summed E-state index contributed by atoms with van der Waals surface area (Å²) in [4.78, 5) is 33.5. The van der Waals surface area contributed by atoms with Gasteiger partial charge in [0.1, 0.15) is 5.54 Å². The highest BCUT2D eigenvalue weighted by Crippen LogP contribution is 2.27. The van der Waals surface area contributed by atoms with Crippen LogP contribution >= 0.6 is 0 Å². The number of imide groups is 1. The van der Waals surface area contributed by atoms with Gasteiger partial charge in [-0.2, -0.15) is 5.06 Å². The van der Waals surface area contributed by atoms with Gasteiger partial charge in [-0.25, -0.2) is 4.79 Å². The van der Waals surface area contributed by atoms with Gasteiger partial charge >= 0.3 is 6.03 Å². The predicted octanol–water partition coefficient (Wildman–Crippen LogP) is 0.932. The van der Waals surface area contributed by atoms with E-state index in [2.05, 4.69) is 0 Å². The fourth-order valence-corrected chi connectivity index (χ4v) is 1.33. The summed E-state index contributed by atoms with van der Waals surface area (Å²) in [5, 5.41) is 1.79. The van der Waals surface area contributed by atoms with Crippen molar-refractivity contribution < 1.29 is 19.3 Å². The third-order valence-electron chi connectivity index (χ3n) is 2.08. The van der Waals surface area contributed by atoms with Gasteiger partial charge in [-0.05, 0) is 27.7 Å². The minimum atomic E-state index is -1.01. The van der Waals surface area contributed by atoms with Crippen LogP contribution in [0.25, 0.3) is 0 Å². The molecule has 86 valence electrons. The van der Waals surface area contributed by atoms with Crippen LogP contribution in [-0.2, 0) is 14.5 Å². The van der Waals surface area contributed by atoms with Crippen LogP contribution in [0.4, 0.5) is 4.79 Å². The largest absolute Gasteiger partial charge is 0.376 e. The molecule has 6 heteroatoms. The maximum Gasteiger partial charge on any atom is 0.376 e. The minimum absolute atomic E-state index is 0.257. The highest BCUT2D eigenvalue weighted by atomic mass is 16.7. The first kappa shape index (κ1) is 11.9. The van der Waals surface area contributed by atoms with Crippen molar-refractivity contribution >= 4 is 11.9 Å². The summed E-state index contributed by atoms with van der Waals surface area (Å²) in [6.45, 7) is 7.26. The third-order valence-corrected chi connectivity index (χ3v) is 2.08. The number of nitrogens with zero attached hydrogens (tertiary/aromatic N) is 2. The zero-order valence-electron chi connectivity index (χ0n) is 9.44. The van der Waals surface area contributed by atoms with Gasteiger partial charge < -0.3 is 0 Å². The van der Waals surface area contributed by atoms with Gasteiger partial charge in [-0.1, -0.05) is 0 Å². The van der Waals surface area contributed by atoms with E-state index in [1.54, 1.807) is 27.7 Å². The SMILES string of the molecule is CCON1C(=O)N(OCC)C(C)(C)C1=O. The molecule has 0 saturated carbocycles. The standard InChI is InChI=1S/C9H16N2O4/c1-5-14-10-7(12)9(3,4)11(8(10)13)15-6-2/h5-6H2,1-4H3. The fraction of sp³-hybridized carbons (Fsp3) is 0.778. The van der Waals surface area contributed by atoms with E-state index < -0.39 is 17.5 Å². The van der Waals surface area contributed by atoms with Crippen LogP contribution < -0.4 is 0 Å². The molecule has 1 saturated heterocycles. The molecule has 1 rings (SSSR count). The molecule has 0 aliphatic carbocycles. The van der Waals surface area contributed by atoms with Gasteiger partial charge in [-0.15, -0.1) is 5.06 Å². The van der Waals surface area contributed by atoms with Crippen molar-refractivity contribution in [1.29, 1.82) is 0 Å². The number of rotatable bonds is 4. The molecule has 0 N–H and O–H groups in total. The number of hydroxylamine groups is 4. The molecule has 0 aromatic heterocycles. The molecule has 0 aromatic rings. The lowest BCUT2D eigenvalue weighted by molar-refractivity contribution is -0.168. The van der Waals surface area contributed by atoms with Crippen molar-refractivity contribution in [2.24, 2.45) is 0 Å². The Kier molecular flexibility index (Phi) is 3.31.